The van der Waals surface area contributed by atoms with Gasteiger partial charge in [-0.1, -0.05) is 29.5 Å². The second-order valence-electron chi connectivity index (χ2n) is 4.57. The van der Waals surface area contributed by atoms with E-state index >= 15 is 0 Å². The van der Waals surface area contributed by atoms with E-state index in [1.54, 1.807) is 26.0 Å². The molecule has 2 aromatic rings. The van der Waals surface area contributed by atoms with Gasteiger partial charge in [0.2, 0.25) is 5.75 Å². The Morgan fingerprint density at radius 1 is 1.00 bits per heavy atom. The van der Waals surface area contributed by atoms with Crippen molar-refractivity contribution in [1.29, 1.82) is 0 Å². The molecular formula is C14H14NaO5PS. The van der Waals surface area contributed by atoms with E-state index in [9.17, 15) is 15.1 Å². The number of rotatable bonds is 4. The molecule has 5 nitrogen and oxygen atoms in total. The van der Waals surface area contributed by atoms with Crippen molar-refractivity contribution in [2.45, 2.75) is 13.8 Å². The predicted molar refractivity (Wildman–Crippen MR) is 81.2 cm³/mol. The van der Waals surface area contributed by atoms with Crippen molar-refractivity contribution in [3.8, 4) is 23.0 Å². The van der Waals surface area contributed by atoms with Gasteiger partial charge in [0.05, 0.1) is 0 Å². The standard InChI is InChI=1S/C14H15O5PS.Na/c1-9-3-5-13(11(15)7-9)18-20(17,21)19-14-6-4-10(2)8-12(14)16;/h3-8,15-16H,1-2H3,(H,17,21);/q;+1/p-1. The van der Waals surface area contributed by atoms with Crippen LogP contribution in [0.2, 0.25) is 0 Å². The van der Waals surface area contributed by atoms with Crippen molar-refractivity contribution in [3.63, 3.8) is 0 Å². The summed E-state index contributed by atoms with van der Waals surface area (Å²) < 4.78 is 10.3. The fourth-order valence-electron chi connectivity index (χ4n) is 1.66. The molecule has 0 fully saturated rings. The van der Waals surface area contributed by atoms with Crippen molar-refractivity contribution in [2.75, 3.05) is 0 Å². The maximum atomic E-state index is 11.7. The van der Waals surface area contributed by atoms with Gasteiger partial charge in [-0.05, 0) is 37.6 Å². The molecule has 2 rings (SSSR count). The van der Waals surface area contributed by atoms with Gasteiger partial charge in [-0.2, -0.15) is 4.89 Å². The number of aromatic hydroxyl groups is 1. The van der Waals surface area contributed by atoms with Crippen LogP contribution >= 0.6 is 7.15 Å². The van der Waals surface area contributed by atoms with Gasteiger partial charge in [0, 0.05) is 0 Å². The number of phenols is 1. The van der Waals surface area contributed by atoms with Crippen LogP contribution in [0.15, 0.2) is 36.4 Å². The zero-order valence-electron chi connectivity index (χ0n) is 12.4. The van der Waals surface area contributed by atoms with Crippen molar-refractivity contribution in [3.05, 3.63) is 47.5 Å². The minimum absolute atomic E-state index is 0. The quantitative estimate of drug-likeness (QED) is 0.451. The van der Waals surface area contributed by atoms with Gasteiger partial charge in [-0.25, -0.2) is 0 Å². The van der Waals surface area contributed by atoms with E-state index in [0.717, 1.165) is 11.1 Å². The van der Waals surface area contributed by atoms with Gasteiger partial charge >= 0.3 is 36.7 Å². The van der Waals surface area contributed by atoms with Crippen LogP contribution in [-0.4, -0.2) is 10.00 Å². The van der Waals surface area contributed by atoms with E-state index in [0.29, 0.717) is 0 Å². The molecule has 1 unspecified atom stereocenters. The molecule has 22 heavy (non-hydrogen) atoms. The Bertz CT molecular complexity index is 610. The normalized spacial score (nSPS) is 12.9. The van der Waals surface area contributed by atoms with Gasteiger partial charge in [0.25, 0.3) is 0 Å². The van der Waals surface area contributed by atoms with E-state index < -0.39 is 12.9 Å². The summed E-state index contributed by atoms with van der Waals surface area (Å²) >= 11 is 4.86. The van der Waals surface area contributed by atoms with Crippen LogP contribution in [0, 0.1) is 13.8 Å². The molecule has 1 atom stereocenters. The minimum Gasteiger partial charge on any atom is -0.870 e. The first-order valence-corrected chi connectivity index (χ1v) is 8.65. The summed E-state index contributed by atoms with van der Waals surface area (Å²) in [4.78, 5) is 10.0. The molecule has 8 heteroatoms. The molecule has 0 aliphatic heterocycles. The summed E-state index contributed by atoms with van der Waals surface area (Å²) in [7, 11) is -3.75. The summed E-state index contributed by atoms with van der Waals surface area (Å²) in [5, 5.41) is 21.4. The Hall–Kier alpha value is -0.620. The number of phenolic OH excluding ortho intramolecular Hbond substituents is 1. The van der Waals surface area contributed by atoms with Crippen LogP contribution in [0.5, 0.6) is 23.0 Å². The molecule has 2 aromatic carbocycles. The van der Waals surface area contributed by atoms with E-state index in [2.05, 4.69) is 0 Å². The molecule has 0 saturated carbocycles. The molecular weight excluding hydrogens is 334 g/mol. The summed E-state index contributed by atoms with van der Waals surface area (Å²) in [6.07, 6.45) is 0. The summed E-state index contributed by atoms with van der Waals surface area (Å²) in [5.41, 5.74) is 1.60. The molecule has 0 radical (unpaired) electrons. The van der Waals surface area contributed by atoms with Crippen molar-refractivity contribution in [1.82, 2.24) is 0 Å². The van der Waals surface area contributed by atoms with Crippen LogP contribution in [0.3, 0.4) is 0 Å². The largest absolute Gasteiger partial charge is 1.00 e. The van der Waals surface area contributed by atoms with Crippen LogP contribution in [0.25, 0.3) is 0 Å². The Balaban J connectivity index is 0.00000242. The Labute approximate surface area is 156 Å². The molecule has 0 spiro atoms. The first kappa shape index (κ1) is 19.4. The van der Waals surface area contributed by atoms with Gasteiger partial charge in [-0.15, -0.1) is 0 Å². The van der Waals surface area contributed by atoms with Gasteiger partial charge in [-0.3, -0.25) is 4.52 Å². The van der Waals surface area contributed by atoms with Crippen molar-refractivity contribution in [2.24, 2.45) is 0 Å². The van der Waals surface area contributed by atoms with Crippen molar-refractivity contribution < 1.29 is 53.7 Å². The zero-order chi connectivity index (χ0) is 15.6. The molecule has 0 aliphatic rings. The molecule has 0 heterocycles. The predicted octanol–water partition coefficient (Wildman–Crippen LogP) is -0.239. The van der Waals surface area contributed by atoms with Crippen LogP contribution in [0.1, 0.15) is 11.1 Å². The Kier molecular flexibility index (Phi) is 6.86. The second kappa shape index (κ2) is 7.77. The zero-order valence-corrected chi connectivity index (χ0v) is 16.1. The molecule has 0 amide bonds. The first-order valence-electron chi connectivity index (χ1n) is 6.06. The SMILES string of the molecule is Cc1ccc(O[P+](O)([S-])Oc2ccc(C)cc2O)c([O-])c1.[Na+]. The van der Waals surface area contributed by atoms with E-state index in [1.165, 1.54) is 24.3 Å². The molecule has 2 N–H and O–H groups in total. The summed E-state index contributed by atoms with van der Waals surface area (Å²) in [6.45, 7) is 3.56. The maximum absolute atomic E-state index is 11.7. The summed E-state index contributed by atoms with van der Waals surface area (Å²) in [5.74, 6) is -0.632. The van der Waals surface area contributed by atoms with E-state index in [1.807, 2.05) is 0 Å². The third-order valence-corrected chi connectivity index (χ3v) is 3.94. The monoisotopic (exact) mass is 348 g/mol. The number of benzene rings is 2. The Morgan fingerprint density at radius 3 is 2.05 bits per heavy atom. The average molecular weight is 348 g/mol. The van der Waals surface area contributed by atoms with E-state index in [4.69, 9.17) is 21.3 Å². The van der Waals surface area contributed by atoms with Crippen molar-refractivity contribution >= 4 is 19.4 Å². The van der Waals surface area contributed by atoms with Gasteiger partial charge in [0.1, 0.15) is 0 Å². The fraction of sp³-hybridized carbons (Fsp3) is 0.143. The molecule has 112 valence electrons. The van der Waals surface area contributed by atoms with Crippen LogP contribution < -0.4 is 43.7 Å². The van der Waals surface area contributed by atoms with Crippen LogP contribution in [0.4, 0.5) is 0 Å². The van der Waals surface area contributed by atoms with Gasteiger partial charge < -0.3 is 27.0 Å². The third-order valence-electron chi connectivity index (χ3n) is 2.64. The first-order chi connectivity index (χ1) is 9.77. The molecule has 0 aromatic heterocycles. The fourth-order valence-corrected chi connectivity index (χ4v) is 2.98. The maximum Gasteiger partial charge on any atom is 1.00 e. The number of aryl methyl sites for hydroxylation is 2. The smallest absolute Gasteiger partial charge is 0.870 e. The minimum atomic E-state index is -3.75. The topological polar surface area (TPSA) is 82.0 Å². The third kappa shape index (κ3) is 5.23. The molecule has 0 saturated heterocycles. The Morgan fingerprint density at radius 2 is 1.50 bits per heavy atom. The van der Waals surface area contributed by atoms with Crippen LogP contribution in [-0.2, 0) is 12.2 Å². The molecule has 0 bridgehead atoms. The van der Waals surface area contributed by atoms with Gasteiger partial charge in [0.15, 0.2) is 11.5 Å². The number of hydrogen-bond donors (Lipinski definition) is 2. The summed E-state index contributed by atoms with van der Waals surface area (Å²) in [6, 6.07) is 9.08. The molecule has 0 aliphatic carbocycles. The number of hydrogen-bond acceptors (Lipinski definition) is 6. The second-order valence-corrected chi connectivity index (χ2v) is 7.26. The van der Waals surface area contributed by atoms with E-state index in [-0.39, 0.29) is 46.8 Å². The average Bonchev–Trinajstić information content (AvgIpc) is 2.36.